The molecule has 7 atom stereocenters. The Balaban J connectivity index is 2.11. The second-order valence-electron chi connectivity index (χ2n) is 6.04. The first-order chi connectivity index (χ1) is 8.50. The zero-order chi connectivity index (χ0) is 14.6. The van der Waals surface area contributed by atoms with Crippen LogP contribution in [0.3, 0.4) is 0 Å². The van der Waals surface area contributed by atoms with Crippen molar-refractivity contribution in [2.24, 2.45) is 11.8 Å². The summed E-state index contributed by atoms with van der Waals surface area (Å²) in [6.45, 7) is 5.59. The van der Waals surface area contributed by atoms with Crippen molar-refractivity contribution in [2.45, 2.75) is 44.2 Å². The van der Waals surface area contributed by atoms with Crippen molar-refractivity contribution in [3.63, 3.8) is 0 Å². The van der Waals surface area contributed by atoms with Gasteiger partial charge in [-0.1, -0.05) is 19.5 Å². The van der Waals surface area contributed by atoms with Gasteiger partial charge < -0.3 is 23.9 Å². The van der Waals surface area contributed by atoms with Crippen LogP contribution in [0.5, 0.6) is 0 Å². The smallest absolute Gasteiger partial charge is 0.115 e. The number of hydrogen-bond donors (Lipinski definition) is 3. The Morgan fingerprint density at radius 1 is 1.21 bits per heavy atom. The molecule has 19 heavy (non-hydrogen) atoms. The van der Waals surface area contributed by atoms with E-state index >= 15 is 0 Å². The fourth-order valence-electron chi connectivity index (χ4n) is 2.81. The summed E-state index contributed by atoms with van der Waals surface area (Å²) < 4.78 is 11.6. The summed E-state index contributed by atoms with van der Waals surface area (Å²) in [5, 5.41) is 0. The Morgan fingerprint density at radius 2 is 1.79 bits per heavy atom. The van der Waals surface area contributed by atoms with E-state index in [4.69, 9.17) is 9.26 Å². The Morgan fingerprint density at radius 3 is 2.21 bits per heavy atom. The topological polar surface area (TPSA) is 79.2 Å². The van der Waals surface area contributed by atoms with Gasteiger partial charge in [0.1, 0.15) is 14.7 Å². The molecule has 7 unspecified atom stereocenters. The van der Waals surface area contributed by atoms with E-state index in [9.17, 15) is 14.7 Å². The minimum Gasteiger partial charge on any atom is -0.372 e. The maximum Gasteiger partial charge on any atom is 0.115 e. The summed E-state index contributed by atoms with van der Waals surface area (Å²) in [4.78, 5) is 29.1. The first kappa shape index (κ1) is 15.8. The number of ether oxygens (including phenoxy) is 1. The number of rotatable bonds is 4. The molecule has 0 amide bonds. The van der Waals surface area contributed by atoms with Crippen molar-refractivity contribution in [1.82, 2.24) is 0 Å². The van der Waals surface area contributed by atoms with Gasteiger partial charge in [-0.05, 0) is 19.3 Å². The largest absolute Gasteiger partial charge is 0.372 e. The third-order valence-corrected chi connectivity index (χ3v) is 6.41. The summed E-state index contributed by atoms with van der Waals surface area (Å²) in [5.74, 6) is 0.208. The van der Waals surface area contributed by atoms with Gasteiger partial charge >= 0.3 is 0 Å². The highest BCUT2D eigenvalue weighted by atomic mass is 31.2. The van der Waals surface area contributed by atoms with Gasteiger partial charge in [-0.2, -0.15) is 0 Å². The van der Waals surface area contributed by atoms with Gasteiger partial charge in [-0.3, -0.25) is 0 Å². The summed E-state index contributed by atoms with van der Waals surface area (Å²) >= 11 is 0. The van der Waals surface area contributed by atoms with Crippen molar-refractivity contribution in [1.29, 1.82) is 0 Å². The van der Waals surface area contributed by atoms with Gasteiger partial charge in [-0.25, -0.2) is 0 Å². The monoisotopic (exact) mass is 310 g/mol. The zero-order valence-electron chi connectivity index (χ0n) is 11.6. The average molecular weight is 310 g/mol. The van der Waals surface area contributed by atoms with E-state index in [1.54, 1.807) is 6.66 Å². The van der Waals surface area contributed by atoms with E-state index in [-0.39, 0.29) is 35.8 Å². The van der Waals surface area contributed by atoms with Crippen LogP contribution in [-0.4, -0.2) is 57.9 Å². The van der Waals surface area contributed by atoms with Crippen LogP contribution in [0.15, 0.2) is 0 Å². The first-order valence-corrected chi connectivity index (χ1v) is 10.7. The third kappa shape index (κ3) is 3.54. The Bertz CT molecular complexity index is 439. The van der Waals surface area contributed by atoms with Gasteiger partial charge in [0.2, 0.25) is 0 Å². The summed E-state index contributed by atoms with van der Waals surface area (Å²) in [6.07, 6.45) is 7.41. The predicted molar refractivity (Wildman–Crippen MR) is 80.9 cm³/mol. The first-order valence-electron chi connectivity index (χ1n) is 6.47. The molecule has 2 rings (SSSR count). The van der Waals surface area contributed by atoms with E-state index < -0.39 is 14.7 Å². The second kappa shape index (κ2) is 4.99. The molecule has 0 spiro atoms. The molecule has 0 bridgehead atoms. The normalized spacial score (nSPS) is 46.0. The molecule has 2 fully saturated rings. The molecule has 1 heterocycles. The SMILES string of the molecule is C=P(C)(O)OC1C(C)C(C)OC1C1CC1P(=C)(O)O. The highest BCUT2D eigenvalue weighted by molar-refractivity contribution is 7.63. The second-order valence-corrected chi connectivity index (χ2v) is 10.6. The lowest BCUT2D eigenvalue weighted by atomic mass is 9.97. The van der Waals surface area contributed by atoms with Gasteiger partial charge in [0, 0.05) is 18.2 Å². The summed E-state index contributed by atoms with van der Waals surface area (Å²) in [5.41, 5.74) is -0.186. The molecule has 1 saturated carbocycles. The Kier molecular flexibility index (Phi) is 4.15. The van der Waals surface area contributed by atoms with Crippen LogP contribution in [0.4, 0.5) is 0 Å². The molecule has 0 aromatic heterocycles. The summed E-state index contributed by atoms with van der Waals surface area (Å²) in [7, 11) is -5.66. The van der Waals surface area contributed by atoms with E-state index in [0.717, 1.165) is 0 Å². The van der Waals surface area contributed by atoms with Crippen molar-refractivity contribution in [3.05, 3.63) is 0 Å². The van der Waals surface area contributed by atoms with Crippen LogP contribution < -0.4 is 0 Å². The lowest BCUT2D eigenvalue weighted by Gasteiger charge is -2.26. The molecule has 1 saturated heterocycles. The van der Waals surface area contributed by atoms with Crippen LogP contribution in [-0.2, 0) is 9.26 Å². The standard InChI is InChI=1S/C12H24O5P2/c1-7-8(2)16-12(11(7)17-18(3,4)13)9-6-10(9)19(5,14)15/h7-15H,3,5-6H2,1-2,4H3. The molecule has 112 valence electrons. The predicted octanol–water partition coefficient (Wildman–Crippen LogP) is 1.35. The summed E-state index contributed by atoms with van der Waals surface area (Å²) in [6, 6.07) is 0. The van der Waals surface area contributed by atoms with Crippen LogP contribution >= 0.6 is 14.7 Å². The van der Waals surface area contributed by atoms with E-state index in [0.29, 0.717) is 6.42 Å². The molecule has 1 aliphatic carbocycles. The minimum absolute atomic E-state index is 0.0257. The number of hydrogen-bond acceptors (Lipinski definition) is 5. The molecule has 7 heteroatoms. The molecule has 1 aliphatic heterocycles. The van der Waals surface area contributed by atoms with Crippen molar-refractivity contribution >= 4 is 27.3 Å². The quantitative estimate of drug-likeness (QED) is 0.683. The van der Waals surface area contributed by atoms with Crippen molar-refractivity contribution in [2.75, 3.05) is 6.66 Å². The average Bonchev–Trinajstić information content (AvgIpc) is 2.95. The molecule has 0 aromatic rings. The molecule has 0 radical (unpaired) electrons. The van der Waals surface area contributed by atoms with E-state index in [1.165, 1.54) is 0 Å². The molecule has 5 nitrogen and oxygen atoms in total. The maximum absolute atomic E-state index is 9.85. The highest BCUT2D eigenvalue weighted by Gasteiger charge is 2.56. The fraction of sp³-hybridized carbons (Fsp3) is 0.833. The van der Waals surface area contributed by atoms with Gasteiger partial charge in [0.15, 0.2) is 0 Å². The highest BCUT2D eigenvalue weighted by Crippen LogP contribution is 2.61. The van der Waals surface area contributed by atoms with Crippen molar-refractivity contribution in [3.8, 4) is 0 Å². The van der Waals surface area contributed by atoms with Crippen molar-refractivity contribution < 1.29 is 23.9 Å². The zero-order valence-corrected chi connectivity index (χ0v) is 13.4. The van der Waals surface area contributed by atoms with Gasteiger partial charge in [0.05, 0.1) is 18.3 Å². The lowest BCUT2D eigenvalue weighted by Crippen LogP contribution is -2.30. The Hall–Kier alpha value is 0.400. The van der Waals surface area contributed by atoms with E-state index in [1.807, 2.05) is 13.8 Å². The molecule has 2 aliphatic rings. The van der Waals surface area contributed by atoms with Crippen LogP contribution in [0.2, 0.25) is 0 Å². The van der Waals surface area contributed by atoms with Gasteiger partial charge in [-0.15, -0.1) is 0 Å². The van der Waals surface area contributed by atoms with Crippen LogP contribution in [0.25, 0.3) is 0 Å². The maximum atomic E-state index is 9.85. The Labute approximate surface area is 114 Å². The van der Waals surface area contributed by atoms with Crippen LogP contribution in [0.1, 0.15) is 20.3 Å². The fourth-order valence-corrected chi connectivity index (χ4v) is 5.01. The lowest BCUT2D eigenvalue weighted by molar-refractivity contribution is 0.0100. The molecular weight excluding hydrogens is 286 g/mol. The van der Waals surface area contributed by atoms with Crippen LogP contribution in [0, 0.1) is 11.8 Å². The third-order valence-electron chi connectivity index (χ3n) is 4.06. The van der Waals surface area contributed by atoms with E-state index in [2.05, 4.69) is 12.6 Å². The molecule has 3 N–H and O–H groups in total. The molecule has 0 aromatic carbocycles. The molecular formula is C12H24O5P2. The van der Waals surface area contributed by atoms with Gasteiger partial charge in [0.25, 0.3) is 0 Å². The minimum atomic E-state index is -3.06.